The van der Waals surface area contributed by atoms with Gasteiger partial charge in [0.2, 0.25) is 0 Å². The number of benzene rings is 2. The molecule has 4 rings (SSSR count). The first kappa shape index (κ1) is 18.3. The highest BCUT2D eigenvalue weighted by Crippen LogP contribution is 2.40. The molecule has 0 aromatic heterocycles. The Morgan fingerprint density at radius 3 is 2.56 bits per heavy atom. The number of amides is 1. The van der Waals surface area contributed by atoms with E-state index in [1.807, 2.05) is 0 Å². The first-order valence-electron chi connectivity index (χ1n) is 9.64. The van der Waals surface area contributed by atoms with Gasteiger partial charge in [0, 0.05) is 35.6 Å². The van der Waals surface area contributed by atoms with Gasteiger partial charge >= 0.3 is 0 Å². The summed E-state index contributed by atoms with van der Waals surface area (Å²) in [6.45, 7) is 2.08. The third-order valence-corrected chi connectivity index (χ3v) is 6.09. The van der Waals surface area contributed by atoms with Crippen molar-refractivity contribution in [3.05, 3.63) is 76.3 Å². The second-order valence-corrected chi connectivity index (χ2v) is 8.05. The summed E-state index contributed by atoms with van der Waals surface area (Å²) in [5, 5.41) is 3.95. The van der Waals surface area contributed by atoms with E-state index < -0.39 is 0 Å². The molecule has 27 heavy (non-hydrogen) atoms. The van der Waals surface area contributed by atoms with Crippen LogP contribution < -0.4 is 5.32 Å². The van der Waals surface area contributed by atoms with Crippen LogP contribution >= 0.6 is 11.6 Å². The molecule has 1 aliphatic heterocycles. The van der Waals surface area contributed by atoms with Gasteiger partial charge in [0.05, 0.1) is 0 Å². The SMILES string of the molecule is CN1CCC2=C(c3ccccc3)CCC(NC(=O)c3ccc(Cl)cc3)C2C1. The molecular weight excluding hydrogens is 356 g/mol. The summed E-state index contributed by atoms with van der Waals surface area (Å²) in [7, 11) is 2.17. The van der Waals surface area contributed by atoms with Gasteiger partial charge in [0.1, 0.15) is 0 Å². The predicted molar refractivity (Wildman–Crippen MR) is 111 cm³/mol. The van der Waals surface area contributed by atoms with Crippen LogP contribution in [0.5, 0.6) is 0 Å². The zero-order chi connectivity index (χ0) is 18.8. The molecule has 0 radical (unpaired) electrons. The average molecular weight is 381 g/mol. The van der Waals surface area contributed by atoms with Gasteiger partial charge in [-0.25, -0.2) is 0 Å². The molecule has 2 aromatic carbocycles. The van der Waals surface area contributed by atoms with Crippen molar-refractivity contribution in [1.29, 1.82) is 0 Å². The van der Waals surface area contributed by atoms with Crippen LogP contribution in [0, 0.1) is 5.92 Å². The van der Waals surface area contributed by atoms with E-state index in [9.17, 15) is 4.79 Å². The van der Waals surface area contributed by atoms with Crippen molar-refractivity contribution in [3.63, 3.8) is 0 Å². The second kappa shape index (κ2) is 7.87. The summed E-state index contributed by atoms with van der Waals surface area (Å²) in [5.41, 5.74) is 5.03. The van der Waals surface area contributed by atoms with Gasteiger partial charge < -0.3 is 10.2 Å². The fourth-order valence-corrected chi connectivity index (χ4v) is 4.56. The van der Waals surface area contributed by atoms with Gasteiger partial charge in [0.15, 0.2) is 0 Å². The molecule has 1 saturated heterocycles. The highest BCUT2D eigenvalue weighted by molar-refractivity contribution is 6.30. The number of nitrogens with one attached hydrogen (secondary N) is 1. The largest absolute Gasteiger partial charge is 0.349 e. The fourth-order valence-electron chi connectivity index (χ4n) is 4.44. The summed E-state index contributed by atoms with van der Waals surface area (Å²) in [6.07, 6.45) is 3.08. The number of likely N-dealkylation sites (tertiary alicyclic amines) is 1. The summed E-state index contributed by atoms with van der Waals surface area (Å²) in [4.78, 5) is 15.1. The van der Waals surface area contributed by atoms with Crippen molar-refractivity contribution >= 4 is 23.1 Å². The van der Waals surface area contributed by atoms with Crippen LogP contribution in [0.4, 0.5) is 0 Å². The van der Waals surface area contributed by atoms with Crippen molar-refractivity contribution in [3.8, 4) is 0 Å². The van der Waals surface area contributed by atoms with E-state index in [1.54, 1.807) is 24.3 Å². The molecule has 1 N–H and O–H groups in total. The zero-order valence-corrected chi connectivity index (χ0v) is 16.4. The number of halogens is 1. The molecule has 1 fully saturated rings. The van der Waals surface area contributed by atoms with Gasteiger partial charge in [-0.3, -0.25) is 4.79 Å². The summed E-state index contributed by atoms with van der Waals surface area (Å²) in [6, 6.07) is 18.0. The van der Waals surface area contributed by atoms with Crippen LogP contribution in [-0.4, -0.2) is 37.0 Å². The molecular formula is C23H25ClN2O. The number of hydrogen-bond acceptors (Lipinski definition) is 2. The van der Waals surface area contributed by atoms with Crippen molar-refractivity contribution < 1.29 is 4.79 Å². The van der Waals surface area contributed by atoms with E-state index in [4.69, 9.17) is 11.6 Å². The van der Waals surface area contributed by atoms with Crippen molar-refractivity contribution in [1.82, 2.24) is 10.2 Å². The Kier molecular flexibility index (Phi) is 5.33. The lowest BCUT2D eigenvalue weighted by atomic mass is 9.74. The minimum atomic E-state index is -0.00703. The van der Waals surface area contributed by atoms with E-state index in [2.05, 4.69) is 47.6 Å². The van der Waals surface area contributed by atoms with Crippen LogP contribution in [0.3, 0.4) is 0 Å². The molecule has 140 valence electrons. The lowest BCUT2D eigenvalue weighted by Crippen LogP contribution is -2.49. The Morgan fingerprint density at radius 2 is 1.81 bits per heavy atom. The van der Waals surface area contributed by atoms with Crippen LogP contribution in [0.15, 0.2) is 60.2 Å². The Hall–Kier alpha value is -2.10. The highest BCUT2D eigenvalue weighted by atomic mass is 35.5. The number of carbonyl (C=O) groups is 1. The van der Waals surface area contributed by atoms with Gasteiger partial charge in [-0.2, -0.15) is 0 Å². The van der Waals surface area contributed by atoms with Crippen LogP contribution in [-0.2, 0) is 0 Å². The Balaban J connectivity index is 1.59. The van der Waals surface area contributed by atoms with E-state index >= 15 is 0 Å². The number of carbonyl (C=O) groups excluding carboxylic acids is 1. The Bertz CT molecular complexity index is 844. The maximum atomic E-state index is 12.7. The molecule has 0 bridgehead atoms. The van der Waals surface area contributed by atoms with E-state index in [-0.39, 0.29) is 11.9 Å². The molecule has 3 nitrogen and oxygen atoms in total. The molecule has 0 saturated carbocycles. The quantitative estimate of drug-likeness (QED) is 0.841. The number of rotatable bonds is 3. The average Bonchev–Trinajstić information content (AvgIpc) is 2.69. The van der Waals surface area contributed by atoms with Gasteiger partial charge in [-0.15, -0.1) is 0 Å². The number of piperidine rings is 1. The van der Waals surface area contributed by atoms with Crippen molar-refractivity contribution in [2.45, 2.75) is 25.3 Å². The molecule has 0 spiro atoms. The third kappa shape index (κ3) is 3.95. The van der Waals surface area contributed by atoms with E-state index in [1.165, 1.54) is 16.7 Å². The number of allylic oxidation sites excluding steroid dienone is 1. The Labute approximate surface area is 166 Å². The first-order valence-corrected chi connectivity index (χ1v) is 10.0. The second-order valence-electron chi connectivity index (χ2n) is 7.61. The predicted octanol–water partition coefficient (Wildman–Crippen LogP) is 4.64. The molecule has 2 unspecified atom stereocenters. The molecule has 4 heteroatoms. The Morgan fingerprint density at radius 1 is 1.07 bits per heavy atom. The smallest absolute Gasteiger partial charge is 0.251 e. The fraction of sp³-hybridized carbons (Fsp3) is 0.348. The topological polar surface area (TPSA) is 32.3 Å². The normalized spacial score (nSPS) is 23.0. The molecule has 2 aromatic rings. The van der Waals surface area contributed by atoms with E-state index in [0.29, 0.717) is 16.5 Å². The van der Waals surface area contributed by atoms with Crippen LogP contribution in [0.2, 0.25) is 5.02 Å². The molecule has 1 amide bonds. The summed E-state index contributed by atoms with van der Waals surface area (Å²) in [5.74, 6) is 0.372. The zero-order valence-electron chi connectivity index (χ0n) is 15.6. The molecule has 2 atom stereocenters. The minimum absolute atomic E-state index is 0.00703. The van der Waals surface area contributed by atoms with E-state index in [0.717, 1.165) is 32.4 Å². The van der Waals surface area contributed by atoms with Gasteiger partial charge in [-0.05, 0) is 61.7 Å². The van der Waals surface area contributed by atoms with Crippen LogP contribution in [0.25, 0.3) is 5.57 Å². The van der Waals surface area contributed by atoms with Crippen molar-refractivity contribution in [2.24, 2.45) is 5.92 Å². The molecule has 1 heterocycles. The maximum Gasteiger partial charge on any atom is 0.251 e. The highest BCUT2D eigenvalue weighted by Gasteiger charge is 2.36. The minimum Gasteiger partial charge on any atom is -0.349 e. The number of fused-ring (bicyclic) bond motifs is 1. The van der Waals surface area contributed by atoms with Crippen LogP contribution in [0.1, 0.15) is 35.2 Å². The molecule has 1 aliphatic carbocycles. The monoisotopic (exact) mass is 380 g/mol. The lowest BCUT2D eigenvalue weighted by molar-refractivity contribution is 0.0909. The van der Waals surface area contributed by atoms with Crippen molar-refractivity contribution in [2.75, 3.05) is 20.1 Å². The third-order valence-electron chi connectivity index (χ3n) is 5.84. The number of hydrogen-bond donors (Lipinski definition) is 1. The lowest BCUT2D eigenvalue weighted by Gasteiger charge is -2.42. The standard InChI is InChI=1S/C23H25ClN2O/c1-26-14-13-20-19(16-5-3-2-4-6-16)11-12-22(21(20)15-26)25-23(27)17-7-9-18(24)10-8-17/h2-10,21-22H,11-15H2,1H3,(H,25,27). The molecule has 2 aliphatic rings. The maximum absolute atomic E-state index is 12.7. The number of nitrogens with zero attached hydrogens (tertiary/aromatic N) is 1. The van der Waals surface area contributed by atoms with Gasteiger partial charge in [-0.1, -0.05) is 47.5 Å². The first-order chi connectivity index (χ1) is 13.1. The summed E-state index contributed by atoms with van der Waals surface area (Å²) < 4.78 is 0. The summed E-state index contributed by atoms with van der Waals surface area (Å²) >= 11 is 5.95. The van der Waals surface area contributed by atoms with Gasteiger partial charge in [0.25, 0.3) is 5.91 Å².